The van der Waals surface area contributed by atoms with Crippen molar-refractivity contribution in [2.75, 3.05) is 19.5 Å². The summed E-state index contributed by atoms with van der Waals surface area (Å²) in [6.45, 7) is 0.522. The molecule has 0 saturated heterocycles. The third-order valence-electron chi connectivity index (χ3n) is 1.73. The summed E-state index contributed by atoms with van der Waals surface area (Å²) < 4.78 is 4.83. The van der Waals surface area contributed by atoms with Crippen molar-refractivity contribution in [1.82, 2.24) is 0 Å². The first-order chi connectivity index (χ1) is 6.83. The Labute approximate surface area is 88.7 Å². The van der Waals surface area contributed by atoms with Gasteiger partial charge in [0, 0.05) is 18.4 Å². The first-order valence-corrected chi connectivity index (χ1v) is 5.50. The smallest absolute Gasteiger partial charge is 0.145 e. The van der Waals surface area contributed by atoms with Crippen LogP contribution in [0.3, 0.4) is 0 Å². The van der Waals surface area contributed by atoms with Crippen molar-refractivity contribution in [3.63, 3.8) is 0 Å². The Bertz CT molecular complexity index is 272. The Morgan fingerprint density at radius 2 is 2.07 bits per heavy atom. The Morgan fingerprint density at radius 3 is 2.71 bits per heavy atom. The summed E-state index contributed by atoms with van der Waals surface area (Å²) in [7, 11) is 1.61. The van der Waals surface area contributed by atoms with Gasteiger partial charge in [-0.25, -0.2) is 0 Å². The van der Waals surface area contributed by atoms with Crippen LogP contribution in [0.4, 0.5) is 0 Å². The molecular formula is C11H14O2S. The van der Waals surface area contributed by atoms with Crippen molar-refractivity contribution in [1.29, 1.82) is 0 Å². The van der Waals surface area contributed by atoms with E-state index in [1.165, 1.54) is 0 Å². The lowest BCUT2D eigenvalue weighted by Crippen LogP contribution is -2.04. The van der Waals surface area contributed by atoms with Crippen LogP contribution in [0.5, 0.6) is 0 Å². The van der Waals surface area contributed by atoms with Crippen molar-refractivity contribution >= 4 is 17.5 Å². The van der Waals surface area contributed by atoms with Crippen LogP contribution in [0.25, 0.3) is 0 Å². The number of hydrogen-bond acceptors (Lipinski definition) is 3. The monoisotopic (exact) mass is 210 g/mol. The van der Waals surface area contributed by atoms with E-state index in [0.717, 1.165) is 4.90 Å². The van der Waals surface area contributed by atoms with Crippen LogP contribution in [0.2, 0.25) is 0 Å². The van der Waals surface area contributed by atoms with Gasteiger partial charge in [0.2, 0.25) is 0 Å². The Kier molecular flexibility index (Phi) is 5.33. The molecule has 0 bridgehead atoms. The van der Waals surface area contributed by atoms with Gasteiger partial charge < -0.3 is 4.74 Å². The van der Waals surface area contributed by atoms with Crippen LogP contribution >= 0.6 is 11.8 Å². The largest absolute Gasteiger partial charge is 0.384 e. The summed E-state index contributed by atoms with van der Waals surface area (Å²) in [5.74, 6) is 0.772. The second kappa shape index (κ2) is 6.62. The number of carbonyl (C=O) groups is 1. The Balaban J connectivity index is 2.24. The van der Waals surface area contributed by atoms with E-state index in [1.807, 2.05) is 30.3 Å². The number of hydrogen-bond donors (Lipinski definition) is 0. The minimum Gasteiger partial charge on any atom is -0.384 e. The van der Waals surface area contributed by atoms with E-state index in [4.69, 9.17) is 4.74 Å². The summed E-state index contributed by atoms with van der Waals surface area (Å²) in [5, 5.41) is 0. The van der Waals surface area contributed by atoms with Gasteiger partial charge in [-0.3, -0.25) is 4.79 Å². The van der Waals surface area contributed by atoms with Crippen molar-refractivity contribution in [2.45, 2.75) is 11.3 Å². The van der Waals surface area contributed by atoms with Crippen molar-refractivity contribution in [3.8, 4) is 0 Å². The lowest BCUT2D eigenvalue weighted by atomic mass is 10.3. The van der Waals surface area contributed by atoms with Crippen LogP contribution in [0, 0.1) is 0 Å². The molecule has 0 fully saturated rings. The molecule has 1 aromatic carbocycles. The molecule has 0 unspecified atom stereocenters. The SMILES string of the molecule is COCCC(=O)CSc1ccccc1. The van der Waals surface area contributed by atoms with E-state index in [9.17, 15) is 4.79 Å². The summed E-state index contributed by atoms with van der Waals surface area (Å²) in [6.07, 6.45) is 0.510. The fourth-order valence-corrected chi connectivity index (χ4v) is 1.79. The maximum absolute atomic E-state index is 11.3. The van der Waals surface area contributed by atoms with Crippen molar-refractivity contribution in [3.05, 3.63) is 30.3 Å². The number of ether oxygens (including phenoxy) is 1. The molecule has 0 N–H and O–H groups in total. The second-order valence-electron chi connectivity index (χ2n) is 2.88. The molecule has 0 spiro atoms. The molecule has 0 aliphatic heterocycles. The lowest BCUT2D eigenvalue weighted by Gasteiger charge is -2.00. The van der Waals surface area contributed by atoms with Crippen LogP contribution in [-0.2, 0) is 9.53 Å². The molecule has 0 heterocycles. The maximum Gasteiger partial charge on any atom is 0.145 e. The zero-order chi connectivity index (χ0) is 10.2. The van der Waals surface area contributed by atoms with Gasteiger partial charge in [-0.15, -0.1) is 11.8 Å². The van der Waals surface area contributed by atoms with Crippen LogP contribution in [0.15, 0.2) is 35.2 Å². The van der Waals surface area contributed by atoms with Crippen molar-refractivity contribution < 1.29 is 9.53 Å². The van der Waals surface area contributed by atoms with Crippen LogP contribution < -0.4 is 0 Å². The van der Waals surface area contributed by atoms with Gasteiger partial charge in [0.1, 0.15) is 5.78 Å². The number of Topliss-reactive ketones (excluding diaryl/α,β-unsaturated/α-hetero) is 1. The van der Waals surface area contributed by atoms with E-state index < -0.39 is 0 Å². The van der Waals surface area contributed by atoms with Gasteiger partial charge in [0.05, 0.1) is 12.4 Å². The predicted molar refractivity (Wildman–Crippen MR) is 58.7 cm³/mol. The highest BCUT2D eigenvalue weighted by molar-refractivity contribution is 8.00. The molecule has 14 heavy (non-hydrogen) atoms. The number of thioether (sulfide) groups is 1. The normalized spacial score (nSPS) is 10.1. The van der Waals surface area contributed by atoms with E-state index in [1.54, 1.807) is 18.9 Å². The van der Waals surface area contributed by atoms with Crippen LogP contribution in [0.1, 0.15) is 6.42 Å². The lowest BCUT2D eigenvalue weighted by molar-refractivity contribution is -0.117. The molecule has 0 aliphatic carbocycles. The molecule has 0 saturated carbocycles. The first-order valence-electron chi connectivity index (χ1n) is 4.51. The Morgan fingerprint density at radius 1 is 1.36 bits per heavy atom. The van der Waals surface area contributed by atoms with E-state index in [-0.39, 0.29) is 5.78 Å². The van der Waals surface area contributed by atoms with Gasteiger partial charge in [0.15, 0.2) is 0 Å². The summed E-state index contributed by atoms with van der Waals surface area (Å²) >= 11 is 1.57. The molecule has 0 amide bonds. The average molecular weight is 210 g/mol. The van der Waals surface area contributed by atoms with Gasteiger partial charge in [-0.1, -0.05) is 18.2 Å². The molecule has 0 aromatic heterocycles. The third-order valence-corrected chi connectivity index (χ3v) is 2.80. The molecule has 0 radical (unpaired) electrons. The maximum atomic E-state index is 11.3. The average Bonchev–Trinajstić information content (AvgIpc) is 2.25. The zero-order valence-corrected chi connectivity index (χ0v) is 9.05. The fraction of sp³-hybridized carbons (Fsp3) is 0.364. The highest BCUT2D eigenvalue weighted by atomic mass is 32.2. The standard InChI is InChI=1S/C11H14O2S/c1-13-8-7-10(12)9-14-11-5-3-2-4-6-11/h2-6H,7-9H2,1H3. The summed E-state index contributed by atoms with van der Waals surface area (Å²) in [4.78, 5) is 12.4. The number of benzene rings is 1. The molecule has 0 aliphatic rings. The summed E-state index contributed by atoms with van der Waals surface area (Å²) in [5.41, 5.74) is 0. The topological polar surface area (TPSA) is 26.3 Å². The number of rotatable bonds is 6. The number of methoxy groups -OCH3 is 1. The number of ketones is 1. The van der Waals surface area contributed by atoms with Crippen LogP contribution in [-0.4, -0.2) is 25.3 Å². The van der Waals surface area contributed by atoms with Crippen molar-refractivity contribution in [2.24, 2.45) is 0 Å². The molecular weight excluding hydrogens is 196 g/mol. The minimum absolute atomic E-state index is 0.237. The number of carbonyl (C=O) groups excluding carboxylic acids is 1. The van der Waals surface area contributed by atoms with E-state index in [0.29, 0.717) is 18.8 Å². The molecule has 2 nitrogen and oxygen atoms in total. The third kappa shape index (κ3) is 4.44. The first kappa shape index (κ1) is 11.3. The highest BCUT2D eigenvalue weighted by Crippen LogP contribution is 2.16. The molecule has 3 heteroatoms. The van der Waals surface area contributed by atoms with Gasteiger partial charge in [0.25, 0.3) is 0 Å². The molecule has 1 aromatic rings. The molecule has 76 valence electrons. The van der Waals surface area contributed by atoms with E-state index in [2.05, 4.69) is 0 Å². The fourth-order valence-electron chi connectivity index (χ4n) is 0.969. The van der Waals surface area contributed by atoms with Gasteiger partial charge >= 0.3 is 0 Å². The molecule has 1 rings (SSSR count). The predicted octanol–water partition coefficient (Wildman–Crippen LogP) is 2.38. The Hall–Kier alpha value is -0.800. The van der Waals surface area contributed by atoms with Gasteiger partial charge in [-0.2, -0.15) is 0 Å². The second-order valence-corrected chi connectivity index (χ2v) is 3.93. The van der Waals surface area contributed by atoms with E-state index >= 15 is 0 Å². The van der Waals surface area contributed by atoms with Gasteiger partial charge in [-0.05, 0) is 12.1 Å². The highest BCUT2D eigenvalue weighted by Gasteiger charge is 2.01. The quantitative estimate of drug-likeness (QED) is 0.674. The molecule has 0 atom stereocenters. The minimum atomic E-state index is 0.237. The summed E-state index contributed by atoms with van der Waals surface area (Å²) in [6, 6.07) is 9.93. The zero-order valence-electron chi connectivity index (χ0n) is 8.23.